The molecule has 0 bridgehead atoms. The molecule has 0 aliphatic heterocycles. The van der Waals surface area contributed by atoms with Gasteiger partial charge in [0.25, 0.3) is 0 Å². The minimum Gasteiger partial charge on any atom is -0.454 e. The lowest BCUT2D eigenvalue weighted by Gasteiger charge is -2.26. The third-order valence-electron chi connectivity index (χ3n) is 12.5. The van der Waals surface area contributed by atoms with Gasteiger partial charge in [-0.1, -0.05) is 158 Å². The molecule has 10 aromatic carbocycles. The number of hydrogen-bond donors (Lipinski definition) is 0. The number of rotatable bonds is 6. The van der Waals surface area contributed by atoms with E-state index >= 15 is 0 Å². The summed E-state index contributed by atoms with van der Waals surface area (Å²) in [7, 11) is 0. The molecule has 13 aromatic rings. The quantitative estimate of drug-likeness (QED) is 0.166. The lowest BCUT2D eigenvalue weighted by atomic mass is 9.94. The van der Waals surface area contributed by atoms with E-state index in [0.29, 0.717) is 0 Å². The highest BCUT2D eigenvalue weighted by atomic mass is 32.1. The summed E-state index contributed by atoms with van der Waals surface area (Å²) in [6.07, 6.45) is 0. The fourth-order valence-corrected chi connectivity index (χ4v) is 12.1. The lowest BCUT2D eigenvalue weighted by molar-refractivity contribution is 0.669. The highest BCUT2D eigenvalue weighted by molar-refractivity contribution is 7.29. The molecule has 0 saturated carbocycles. The van der Waals surface area contributed by atoms with Gasteiger partial charge in [-0.3, -0.25) is 0 Å². The van der Waals surface area contributed by atoms with Crippen LogP contribution in [0.4, 0.5) is 17.1 Å². The topological polar surface area (TPSA) is 16.4 Å². The number of thiophene rings is 2. The first-order chi connectivity index (χ1) is 30.7. The molecule has 0 aliphatic rings. The van der Waals surface area contributed by atoms with Crippen LogP contribution < -0.4 is 4.90 Å². The molecule has 0 radical (unpaired) electrons. The lowest BCUT2D eigenvalue weighted by Crippen LogP contribution is -2.10. The summed E-state index contributed by atoms with van der Waals surface area (Å²) >= 11 is 3.79. The van der Waals surface area contributed by atoms with Crippen LogP contribution in [0.3, 0.4) is 0 Å². The zero-order chi connectivity index (χ0) is 40.7. The van der Waals surface area contributed by atoms with Gasteiger partial charge in [-0.05, 0) is 98.8 Å². The van der Waals surface area contributed by atoms with Crippen molar-refractivity contribution in [3.05, 3.63) is 212 Å². The van der Waals surface area contributed by atoms with Gasteiger partial charge in [0.1, 0.15) is 5.58 Å². The summed E-state index contributed by atoms with van der Waals surface area (Å²) in [4.78, 5) is 2.36. The van der Waals surface area contributed by atoms with E-state index < -0.39 is 0 Å². The Morgan fingerprint density at radius 3 is 1.79 bits per heavy atom. The second kappa shape index (κ2) is 14.0. The first-order valence-corrected chi connectivity index (χ1v) is 22.6. The number of furan rings is 1. The van der Waals surface area contributed by atoms with E-state index in [1.807, 2.05) is 22.7 Å². The molecule has 0 amide bonds. The number of hydrogen-bond acceptors (Lipinski definition) is 4. The van der Waals surface area contributed by atoms with Crippen LogP contribution >= 0.6 is 22.7 Å². The normalized spacial score (nSPS) is 11.9. The second-order valence-corrected chi connectivity index (χ2v) is 18.1. The summed E-state index contributed by atoms with van der Waals surface area (Å²) < 4.78 is 12.3. The number of benzene rings is 10. The zero-order valence-corrected chi connectivity index (χ0v) is 35.0. The van der Waals surface area contributed by atoms with Gasteiger partial charge in [-0.15, -0.1) is 22.7 Å². The van der Waals surface area contributed by atoms with Gasteiger partial charge >= 0.3 is 0 Å². The standard InChI is InChI=1S/C58H35NOS2/c1-2-12-36(13-3-1)37-24-28-40(29-25-37)59(41-30-26-39(27-31-41)43-19-10-15-38-14-4-5-16-42(38)43)49-34-32-46(54-48-18-6-8-21-50(48)60-57(49)54)45-20-11-23-52-55(45)56-53(61-52)35-33-47-44-17-7-9-22-51(44)62-58(47)56/h1-35H. The average molecular weight is 826 g/mol. The Morgan fingerprint density at radius 1 is 0.339 bits per heavy atom. The van der Waals surface area contributed by atoms with Gasteiger partial charge in [0.2, 0.25) is 0 Å². The Kier molecular flexibility index (Phi) is 7.99. The molecule has 0 fully saturated rings. The average Bonchev–Trinajstić information content (AvgIpc) is 4.04. The van der Waals surface area contributed by atoms with Crippen LogP contribution in [-0.4, -0.2) is 0 Å². The molecule has 3 aromatic heterocycles. The molecule has 2 nitrogen and oxygen atoms in total. The zero-order valence-electron chi connectivity index (χ0n) is 33.4. The summed E-state index contributed by atoms with van der Waals surface area (Å²) in [5, 5.41) is 10.00. The Labute approximate surface area is 365 Å². The highest BCUT2D eigenvalue weighted by Gasteiger charge is 2.24. The van der Waals surface area contributed by atoms with E-state index in [4.69, 9.17) is 4.42 Å². The van der Waals surface area contributed by atoms with E-state index in [9.17, 15) is 0 Å². The van der Waals surface area contributed by atoms with E-state index in [-0.39, 0.29) is 0 Å². The van der Waals surface area contributed by atoms with Gasteiger partial charge < -0.3 is 9.32 Å². The summed E-state index contributed by atoms with van der Waals surface area (Å²) in [6.45, 7) is 0. The van der Waals surface area contributed by atoms with Crippen molar-refractivity contribution in [1.82, 2.24) is 0 Å². The van der Waals surface area contributed by atoms with Crippen LogP contribution in [0.15, 0.2) is 217 Å². The monoisotopic (exact) mass is 825 g/mol. The molecule has 13 rings (SSSR count). The molecule has 0 saturated heterocycles. The maximum Gasteiger partial charge on any atom is 0.160 e. The molecule has 62 heavy (non-hydrogen) atoms. The van der Waals surface area contributed by atoms with Crippen LogP contribution in [0.2, 0.25) is 0 Å². The maximum atomic E-state index is 7.06. The van der Waals surface area contributed by atoms with E-state index in [1.165, 1.54) is 84.5 Å². The van der Waals surface area contributed by atoms with Gasteiger partial charge in [0.05, 0.1) is 5.69 Å². The van der Waals surface area contributed by atoms with Crippen molar-refractivity contribution in [1.29, 1.82) is 0 Å². The highest BCUT2D eigenvalue weighted by Crippen LogP contribution is 2.51. The number of fused-ring (bicyclic) bond motifs is 11. The summed E-state index contributed by atoms with van der Waals surface area (Å²) in [5.74, 6) is 0. The minimum atomic E-state index is 0.859. The molecule has 3 heterocycles. The Bertz CT molecular complexity index is 3850. The summed E-state index contributed by atoms with van der Waals surface area (Å²) in [5.41, 5.74) is 12.0. The van der Waals surface area contributed by atoms with Crippen molar-refractivity contribution < 1.29 is 4.42 Å². The van der Waals surface area contributed by atoms with Gasteiger partial charge in [0.15, 0.2) is 5.58 Å². The maximum absolute atomic E-state index is 7.06. The predicted molar refractivity (Wildman–Crippen MR) is 268 cm³/mol. The largest absolute Gasteiger partial charge is 0.454 e. The molecule has 290 valence electrons. The van der Waals surface area contributed by atoms with Crippen molar-refractivity contribution in [3.63, 3.8) is 0 Å². The molecule has 0 spiro atoms. The van der Waals surface area contributed by atoms with Crippen molar-refractivity contribution in [2.45, 2.75) is 0 Å². The smallest absolute Gasteiger partial charge is 0.160 e. The first kappa shape index (κ1) is 35.3. The van der Waals surface area contributed by atoms with Crippen LogP contribution in [-0.2, 0) is 0 Å². The van der Waals surface area contributed by atoms with Crippen LogP contribution in [0.25, 0.3) is 106 Å². The first-order valence-electron chi connectivity index (χ1n) is 21.0. The van der Waals surface area contributed by atoms with Gasteiger partial charge in [0, 0.05) is 62.5 Å². The molecule has 0 aliphatic carbocycles. The van der Waals surface area contributed by atoms with Crippen LogP contribution in [0.1, 0.15) is 0 Å². The molecule has 0 unspecified atom stereocenters. The fourth-order valence-electron chi connectivity index (χ4n) is 9.65. The van der Waals surface area contributed by atoms with E-state index in [2.05, 4.69) is 217 Å². The molecule has 0 atom stereocenters. The molecule has 0 N–H and O–H groups in total. The molecule has 4 heteroatoms. The summed E-state index contributed by atoms with van der Waals surface area (Å²) in [6, 6.07) is 77.0. The molecular formula is C58H35NOS2. The number of anilines is 3. The van der Waals surface area contributed by atoms with Crippen molar-refractivity contribution in [2.24, 2.45) is 0 Å². The third kappa shape index (κ3) is 5.47. The van der Waals surface area contributed by atoms with Crippen LogP contribution in [0, 0.1) is 0 Å². The van der Waals surface area contributed by atoms with Crippen molar-refractivity contribution >= 4 is 113 Å². The number of nitrogens with zero attached hydrogens (tertiary/aromatic N) is 1. The predicted octanol–water partition coefficient (Wildman–Crippen LogP) is 17.9. The van der Waals surface area contributed by atoms with Gasteiger partial charge in [-0.2, -0.15) is 0 Å². The fraction of sp³-hybridized carbons (Fsp3) is 0. The van der Waals surface area contributed by atoms with Crippen molar-refractivity contribution in [2.75, 3.05) is 4.90 Å². The van der Waals surface area contributed by atoms with Crippen molar-refractivity contribution in [3.8, 4) is 33.4 Å². The third-order valence-corrected chi connectivity index (χ3v) is 14.8. The SMILES string of the molecule is c1ccc(-c2ccc(N(c3ccc(-c4cccc5ccccc45)cc3)c3ccc(-c4cccc5sc6ccc7c8ccccc8sc7c6c45)c4c3oc3ccccc34)cc2)cc1. The number of para-hydroxylation sites is 1. The van der Waals surface area contributed by atoms with Gasteiger partial charge in [-0.25, -0.2) is 0 Å². The molecular weight excluding hydrogens is 791 g/mol. The van der Waals surface area contributed by atoms with E-state index in [0.717, 1.165) is 39.0 Å². The van der Waals surface area contributed by atoms with E-state index in [1.54, 1.807) is 0 Å². The Morgan fingerprint density at radius 2 is 0.952 bits per heavy atom. The van der Waals surface area contributed by atoms with Crippen LogP contribution in [0.5, 0.6) is 0 Å². The Hall–Kier alpha value is -7.50. The second-order valence-electron chi connectivity index (χ2n) is 16.0. The Balaban J connectivity index is 1.04. The minimum absolute atomic E-state index is 0.859.